The second-order valence-corrected chi connectivity index (χ2v) is 5.36. The van der Waals surface area contributed by atoms with Crippen LogP contribution in [0.15, 0.2) is 0 Å². The van der Waals surface area contributed by atoms with Crippen molar-refractivity contribution in [1.82, 2.24) is 10.2 Å². The molecule has 0 aliphatic carbocycles. The molecule has 0 aromatic rings. The Bertz CT molecular complexity index is 251. The smallest absolute Gasteiger partial charge is 0.239 e. The van der Waals surface area contributed by atoms with Crippen LogP contribution in [0.25, 0.3) is 0 Å². The average Bonchev–Trinajstić information content (AvgIpc) is 2.48. The van der Waals surface area contributed by atoms with Crippen LogP contribution in [0.3, 0.4) is 0 Å². The number of likely N-dealkylation sites (tertiary alicyclic amines) is 1. The zero-order chi connectivity index (χ0) is 11.6. The van der Waals surface area contributed by atoms with Crippen molar-refractivity contribution in [2.24, 2.45) is 0 Å². The lowest BCUT2D eigenvalue weighted by atomic mass is 10.1. The van der Waals surface area contributed by atoms with Gasteiger partial charge in [-0.15, -0.1) is 0 Å². The summed E-state index contributed by atoms with van der Waals surface area (Å²) in [4.78, 5) is 14.0. The predicted molar refractivity (Wildman–Crippen MR) is 62.1 cm³/mol. The van der Waals surface area contributed by atoms with E-state index in [1.165, 1.54) is 12.8 Å². The summed E-state index contributed by atoms with van der Waals surface area (Å²) in [6.07, 6.45) is 5.16. The van der Waals surface area contributed by atoms with Gasteiger partial charge in [0.2, 0.25) is 5.91 Å². The number of carbonyl (C=O) groups excluding carboxylic acids is 1. The summed E-state index contributed by atoms with van der Waals surface area (Å²) in [5.74, 6) is 0.180. The number of carbonyl (C=O) groups is 1. The SMILES string of the molecule is CC1(O)CCN(C(=O)C2CCCCCN2)C1. The van der Waals surface area contributed by atoms with Crippen molar-refractivity contribution in [3.8, 4) is 0 Å². The Kier molecular flexibility index (Phi) is 3.50. The normalized spacial score (nSPS) is 36.1. The van der Waals surface area contributed by atoms with E-state index >= 15 is 0 Å². The molecule has 0 aromatic carbocycles. The van der Waals surface area contributed by atoms with Gasteiger partial charge in [0.15, 0.2) is 0 Å². The van der Waals surface area contributed by atoms with Gasteiger partial charge in [0.25, 0.3) is 0 Å². The fraction of sp³-hybridized carbons (Fsp3) is 0.917. The first-order chi connectivity index (χ1) is 7.58. The van der Waals surface area contributed by atoms with Gasteiger partial charge in [-0.1, -0.05) is 12.8 Å². The quantitative estimate of drug-likeness (QED) is 0.684. The second kappa shape index (κ2) is 4.72. The molecule has 2 aliphatic rings. The molecule has 4 nitrogen and oxygen atoms in total. The summed E-state index contributed by atoms with van der Waals surface area (Å²) in [7, 11) is 0. The van der Waals surface area contributed by atoms with E-state index < -0.39 is 5.60 Å². The first-order valence-corrected chi connectivity index (χ1v) is 6.33. The minimum absolute atomic E-state index is 0.0172. The Balaban J connectivity index is 1.91. The minimum Gasteiger partial charge on any atom is -0.388 e. The van der Waals surface area contributed by atoms with Crippen molar-refractivity contribution in [3.63, 3.8) is 0 Å². The highest BCUT2D eigenvalue weighted by atomic mass is 16.3. The van der Waals surface area contributed by atoms with Crippen molar-refractivity contribution >= 4 is 5.91 Å². The Morgan fingerprint density at radius 2 is 2.25 bits per heavy atom. The predicted octanol–water partition coefficient (Wildman–Crippen LogP) is 0.502. The van der Waals surface area contributed by atoms with E-state index in [0.29, 0.717) is 19.5 Å². The van der Waals surface area contributed by atoms with Crippen LogP contribution in [-0.2, 0) is 4.79 Å². The van der Waals surface area contributed by atoms with Gasteiger partial charge in [-0.05, 0) is 32.7 Å². The molecule has 16 heavy (non-hydrogen) atoms. The van der Waals surface area contributed by atoms with Crippen LogP contribution in [-0.4, -0.2) is 47.2 Å². The minimum atomic E-state index is -0.680. The van der Waals surface area contributed by atoms with Gasteiger partial charge in [-0.25, -0.2) is 0 Å². The molecule has 1 amide bonds. The summed E-state index contributed by atoms with van der Waals surface area (Å²) < 4.78 is 0. The molecule has 4 heteroatoms. The Hall–Kier alpha value is -0.610. The van der Waals surface area contributed by atoms with E-state index in [1.807, 2.05) is 4.90 Å². The third kappa shape index (κ3) is 2.74. The van der Waals surface area contributed by atoms with Crippen LogP contribution in [0.4, 0.5) is 0 Å². The molecule has 2 atom stereocenters. The first-order valence-electron chi connectivity index (χ1n) is 6.33. The number of hydrogen-bond acceptors (Lipinski definition) is 3. The molecule has 2 rings (SSSR count). The summed E-state index contributed by atoms with van der Waals surface area (Å²) in [5.41, 5.74) is -0.680. The third-order valence-electron chi connectivity index (χ3n) is 3.62. The van der Waals surface area contributed by atoms with Crippen LogP contribution in [0.1, 0.15) is 39.0 Å². The lowest BCUT2D eigenvalue weighted by Gasteiger charge is -2.24. The summed E-state index contributed by atoms with van der Waals surface area (Å²) >= 11 is 0. The van der Waals surface area contributed by atoms with Gasteiger partial charge in [0.05, 0.1) is 11.6 Å². The molecular weight excluding hydrogens is 204 g/mol. The van der Waals surface area contributed by atoms with E-state index in [2.05, 4.69) is 5.32 Å². The van der Waals surface area contributed by atoms with Gasteiger partial charge in [0, 0.05) is 13.1 Å². The number of aliphatic hydroxyl groups is 1. The molecule has 2 aliphatic heterocycles. The van der Waals surface area contributed by atoms with Gasteiger partial charge in [-0.3, -0.25) is 4.79 Å². The molecule has 0 spiro atoms. The number of nitrogens with zero attached hydrogens (tertiary/aromatic N) is 1. The van der Waals surface area contributed by atoms with Gasteiger partial charge in [0.1, 0.15) is 0 Å². The maximum atomic E-state index is 12.2. The molecule has 0 radical (unpaired) electrons. The van der Waals surface area contributed by atoms with Gasteiger partial charge < -0.3 is 15.3 Å². The largest absolute Gasteiger partial charge is 0.388 e. The first kappa shape index (κ1) is 11.9. The summed E-state index contributed by atoms with van der Waals surface area (Å²) in [6, 6.07) is -0.0172. The van der Waals surface area contributed by atoms with E-state index in [4.69, 9.17) is 0 Å². The van der Waals surface area contributed by atoms with Crippen LogP contribution in [0.5, 0.6) is 0 Å². The number of amides is 1. The Morgan fingerprint density at radius 3 is 2.94 bits per heavy atom. The fourth-order valence-corrected chi connectivity index (χ4v) is 2.59. The van der Waals surface area contributed by atoms with Crippen molar-refractivity contribution in [1.29, 1.82) is 0 Å². The fourth-order valence-electron chi connectivity index (χ4n) is 2.59. The monoisotopic (exact) mass is 226 g/mol. The second-order valence-electron chi connectivity index (χ2n) is 5.36. The molecule has 2 fully saturated rings. The van der Waals surface area contributed by atoms with Crippen LogP contribution >= 0.6 is 0 Å². The van der Waals surface area contributed by atoms with E-state index in [-0.39, 0.29) is 11.9 Å². The van der Waals surface area contributed by atoms with Crippen molar-refractivity contribution in [3.05, 3.63) is 0 Å². The lowest BCUT2D eigenvalue weighted by Crippen LogP contribution is -2.46. The van der Waals surface area contributed by atoms with Gasteiger partial charge in [-0.2, -0.15) is 0 Å². The molecule has 0 aromatic heterocycles. The zero-order valence-corrected chi connectivity index (χ0v) is 10.0. The highest BCUT2D eigenvalue weighted by molar-refractivity contribution is 5.82. The maximum absolute atomic E-state index is 12.2. The number of hydrogen-bond donors (Lipinski definition) is 2. The van der Waals surface area contributed by atoms with Gasteiger partial charge >= 0.3 is 0 Å². The summed E-state index contributed by atoms with van der Waals surface area (Å²) in [6.45, 7) is 3.94. The zero-order valence-electron chi connectivity index (χ0n) is 10.0. The molecule has 0 bridgehead atoms. The maximum Gasteiger partial charge on any atom is 0.239 e. The average molecular weight is 226 g/mol. The van der Waals surface area contributed by atoms with Crippen molar-refractivity contribution in [2.75, 3.05) is 19.6 Å². The highest BCUT2D eigenvalue weighted by Gasteiger charge is 2.36. The number of rotatable bonds is 1. The molecule has 92 valence electrons. The molecule has 2 unspecified atom stereocenters. The van der Waals surface area contributed by atoms with E-state index in [1.54, 1.807) is 6.92 Å². The van der Waals surface area contributed by atoms with E-state index in [0.717, 1.165) is 19.4 Å². The number of nitrogens with one attached hydrogen (secondary N) is 1. The molecule has 2 heterocycles. The van der Waals surface area contributed by atoms with Crippen molar-refractivity contribution in [2.45, 2.75) is 50.7 Å². The van der Waals surface area contributed by atoms with Crippen LogP contribution < -0.4 is 5.32 Å². The lowest BCUT2D eigenvalue weighted by molar-refractivity contribution is -0.133. The van der Waals surface area contributed by atoms with Crippen LogP contribution in [0.2, 0.25) is 0 Å². The molecular formula is C12H22N2O2. The standard InChI is InChI=1S/C12H22N2O2/c1-12(16)6-8-14(9-12)11(15)10-5-3-2-4-7-13-10/h10,13,16H,2-9H2,1H3. The highest BCUT2D eigenvalue weighted by Crippen LogP contribution is 2.22. The topological polar surface area (TPSA) is 52.6 Å². The van der Waals surface area contributed by atoms with Crippen molar-refractivity contribution < 1.29 is 9.90 Å². The van der Waals surface area contributed by atoms with E-state index in [9.17, 15) is 9.90 Å². The molecule has 2 N–H and O–H groups in total. The Morgan fingerprint density at radius 1 is 1.44 bits per heavy atom. The third-order valence-corrected chi connectivity index (χ3v) is 3.62. The summed E-state index contributed by atoms with van der Waals surface area (Å²) in [5, 5.41) is 13.2. The Labute approximate surface area is 97.0 Å². The van der Waals surface area contributed by atoms with Crippen LogP contribution in [0, 0.1) is 0 Å². The molecule has 0 saturated carbocycles. The number of β-amino-alcohol motifs (C(OH)–C–C–N with tert-alkyl or cyclic N) is 1. The molecule has 2 saturated heterocycles.